The van der Waals surface area contributed by atoms with Gasteiger partial charge in [0.15, 0.2) is 0 Å². The van der Waals surface area contributed by atoms with Crippen molar-refractivity contribution < 1.29 is 29.0 Å². The van der Waals surface area contributed by atoms with E-state index in [-0.39, 0.29) is 17.9 Å². The highest BCUT2D eigenvalue weighted by Gasteiger charge is 2.32. The van der Waals surface area contributed by atoms with Gasteiger partial charge in [-0.1, -0.05) is 43.3 Å². The van der Waals surface area contributed by atoms with Crippen molar-refractivity contribution in [2.45, 2.75) is 39.2 Å². The number of phenolic OH excluding ortho intramolecular Hbond substituents is 1. The summed E-state index contributed by atoms with van der Waals surface area (Å²) in [6, 6.07) is 14.4. The number of hydrogen-bond donors (Lipinski definition) is 2. The molecule has 8 heteroatoms. The van der Waals surface area contributed by atoms with Crippen molar-refractivity contribution >= 4 is 34.2 Å². The highest BCUT2D eigenvalue weighted by atomic mass is 32.1. The van der Waals surface area contributed by atoms with Crippen LogP contribution >= 0.6 is 11.3 Å². The molecule has 0 saturated heterocycles. The van der Waals surface area contributed by atoms with E-state index in [1.165, 1.54) is 35.6 Å². The summed E-state index contributed by atoms with van der Waals surface area (Å²) in [6.45, 7) is 4.13. The van der Waals surface area contributed by atoms with Crippen LogP contribution in [0.2, 0.25) is 0 Å². The number of fused-ring (bicyclic) bond motifs is 1. The predicted octanol–water partition coefficient (Wildman–Crippen LogP) is 5.29. The number of aromatic hydroxyl groups is 1. The Labute approximate surface area is 207 Å². The highest BCUT2D eigenvalue weighted by molar-refractivity contribution is 7.17. The summed E-state index contributed by atoms with van der Waals surface area (Å²) in [6.07, 6.45) is 1.26. The molecule has 35 heavy (non-hydrogen) atoms. The maximum Gasteiger partial charge on any atom is 0.341 e. The average Bonchev–Trinajstić information content (AvgIpc) is 3.19. The van der Waals surface area contributed by atoms with Crippen LogP contribution in [0.4, 0.5) is 5.00 Å². The molecule has 0 bridgehead atoms. The molecule has 0 radical (unpaired) electrons. The Morgan fingerprint density at radius 3 is 2.60 bits per heavy atom. The van der Waals surface area contributed by atoms with Crippen LogP contribution in [0.5, 0.6) is 5.75 Å². The van der Waals surface area contributed by atoms with Crippen LogP contribution in [0.25, 0.3) is 0 Å². The zero-order chi connectivity index (χ0) is 24.9. The van der Waals surface area contributed by atoms with E-state index in [1.807, 2.05) is 0 Å². The normalized spacial score (nSPS) is 15.5. The number of ether oxygens (including phenoxy) is 2. The molecule has 1 heterocycles. The van der Waals surface area contributed by atoms with Crippen molar-refractivity contribution in [1.82, 2.24) is 0 Å². The quantitative estimate of drug-likeness (QED) is 0.434. The molecule has 0 spiro atoms. The summed E-state index contributed by atoms with van der Waals surface area (Å²) >= 11 is 1.37. The third kappa shape index (κ3) is 5.54. The number of hydrogen-bond acceptors (Lipinski definition) is 7. The molecule has 1 aliphatic carbocycles. The van der Waals surface area contributed by atoms with Gasteiger partial charge in [0.2, 0.25) is 6.10 Å². The Balaban J connectivity index is 1.65. The van der Waals surface area contributed by atoms with Crippen LogP contribution in [-0.2, 0) is 27.1 Å². The molecule has 1 aromatic heterocycles. The number of nitrogens with one attached hydrogen (secondary N) is 1. The molecule has 2 N–H and O–H groups in total. The first-order valence-corrected chi connectivity index (χ1v) is 12.4. The van der Waals surface area contributed by atoms with Crippen molar-refractivity contribution in [3.63, 3.8) is 0 Å². The number of rotatable bonds is 7. The van der Waals surface area contributed by atoms with Crippen molar-refractivity contribution in [3.8, 4) is 5.75 Å². The molecule has 4 rings (SSSR count). The first kappa shape index (κ1) is 24.5. The number of amides is 1. The second-order valence-electron chi connectivity index (χ2n) is 8.51. The van der Waals surface area contributed by atoms with Gasteiger partial charge in [0, 0.05) is 10.4 Å². The largest absolute Gasteiger partial charge is 0.508 e. The minimum absolute atomic E-state index is 0.0855. The van der Waals surface area contributed by atoms with Gasteiger partial charge in [-0.25, -0.2) is 9.59 Å². The third-order valence-electron chi connectivity index (χ3n) is 5.88. The van der Waals surface area contributed by atoms with Crippen LogP contribution in [0.1, 0.15) is 63.1 Å². The zero-order valence-electron chi connectivity index (χ0n) is 19.6. The number of benzene rings is 2. The van der Waals surface area contributed by atoms with Crippen LogP contribution < -0.4 is 5.32 Å². The van der Waals surface area contributed by atoms with Crippen molar-refractivity contribution in [3.05, 3.63) is 81.7 Å². The van der Waals surface area contributed by atoms with Gasteiger partial charge < -0.3 is 19.9 Å². The fourth-order valence-corrected chi connectivity index (χ4v) is 5.55. The Hall–Kier alpha value is -3.65. The highest BCUT2D eigenvalue weighted by Crippen LogP contribution is 2.40. The summed E-state index contributed by atoms with van der Waals surface area (Å²) < 4.78 is 10.9. The SMILES string of the molecule is CCOC(=O)c1c(NC(=O)C(OC(=O)c2cccc(O)c2)c2ccccc2)sc2c1CCC(C)C2. The van der Waals surface area contributed by atoms with Crippen LogP contribution in [0.3, 0.4) is 0 Å². The second-order valence-corrected chi connectivity index (χ2v) is 9.62. The van der Waals surface area contributed by atoms with E-state index in [1.54, 1.807) is 37.3 Å². The summed E-state index contributed by atoms with van der Waals surface area (Å²) in [7, 11) is 0. The molecule has 2 unspecified atom stereocenters. The fourth-order valence-electron chi connectivity index (χ4n) is 4.14. The first-order valence-electron chi connectivity index (χ1n) is 11.5. The number of anilines is 1. The van der Waals surface area contributed by atoms with E-state index in [9.17, 15) is 19.5 Å². The summed E-state index contributed by atoms with van der Waals surface area (Å²) in [5.41, 5.74) is 1.91. The maximum atomic E-state index is 13.5. The Morgan fingerprint density at radius 2 is 1.89 bits per heavy atom. The molecule has 0 fully saturated rings. The molecule has 1 aliphatic rings. The molecule has 2 atom stereocenters. The molecule has 3 aromatic rings. The van der Waals surface area contributed by atoms with Crippen molar-refractivity contribution in [2.24, 2.45) is 5.92 Å². The standard InChI is InChI=1S/C27H27NO6S/c1-3-33-27(32)22-20-13-12-16(2)14-21(20)35-25(22)28-24(30)23(17-8-5-4-6-9-17)34-26(31)18-10-7-11-19(29)15-18/h4-11,15-16,23,29H,3,12-14H2,1-2H3,(H,28,30). The number of phenols is 1. The lowest BCUT2D eigenvalue weighted by atomic mass is 9.88. The van der Waals surface area contributed by atoms with E-state index in [4.69, 9.17) is 9.47 Å². The number of esters is 2. The molecule has 7 nitrogen and oxygen atoms in total. The van der Waals surface area contributed by atoms with Gasteiger partial charge in [-0.15, -0.1) is 11.3 Å². The Kier molecular flexibility index (Phi) is 7.51. The fraction of sp³-hybridized carbons (Fsp3) is 0.296. The lowest BCUT2D eigenvalue weighted by Gasteiger charge is -2.19. The Morgan fingerprint density at radius 1 is 1.11 bits per heavy atom. The van der Waals surface area contributed by atoms with Crippen LogP contribution in [-0.4, -0.2) is 29.6 Å². The van der Waals surface area contributed by atoms with Gasteiger partial charge in [-0.2, -0.15) is 0 Å². The number of carbonyl (C=O) groups excluding carboxylic acids is 3. The van der Waals surface area contributed by atoms with Crippen LogP contribution in [0, 0.1) is 5.92 Å². The lowest BCUT2D eigenvalue weighted by molar-refractivity contribution is -0.125. The second kappa shape index (κ2) is 10.7. The molecular weight excluding hydrogens is 466 g/mol. The van der Waals surface area contributed by atoms with Crippen molar-refractivity contribution in [1.29, 1.82) is 0 Å². The third-order valence-corrected chi connectivity index (χ3v) is 7.04. The van der Waals surface area contributed by atoms with Gasteiger partial charge in [-0.05, 0) is 55.9 Å². The smallest absolute Gasteiger partial charge is 0.341 e. The van der Waals surface area contributed by atoms with Gasteiger partial charge in [-0.3, -0.25) is 4.79 Å². The first-order chi connectivity index (χ1) is 16.9. The lowest BCUT2D eigenvalue weighted by Crippen LogP contribution is -2.26. The van der Waals surface area contributed by atoms with Gasteiger partial charge in [0.25, 0.3) is 5.91 Å². The van der Waals surface area contributed by atoms with E-state index >= 15 is 0 Å². The minimum atomic E-state index is -1.26. The molecule has 182 valence electrons. The van der Waals surface area contributed by atoms with Crippen molar-refractivity contribution in [2.75, 3.05) is 11.9 Å². The topological polar surface area (TPSA) is 102 Å². The molecular formula is C27H27NO6S. The monoisotopic (exact) mass is 493 g/mol. The summed E-state index contributed by atoms with van der Waals surface area (Å²) in [4.78, 5) is 40.2. The zero-order valence-corrected chi connectivity index (χ0v) is 20.4. The molecule has 0 aliphatic heterocycles. The number of carbonyl (C=O) groups is 3. The minimum Gasteiger partial charge on any atom is -0.508 e. The molecule has 1 amide bonds. The van der Waals surface area contributed by atoms with E-state index in [0.717, 1.165) is 29.7 Å². The summed E-state index contributed by atoms with van der Waals surface area (Å²) in [5, 5.41) is 13.0. The maximum absolute atomic E-state index is 13.5. The molecule has 2 aromatic carbocycles. The van der Waals surface area contributed by atoms with E-state index < -0.39 is 23.9 Å². The molecule has 0 saturated carbocycles. The summed E-state index contributed by atoms with van der Waals surface area (Å²) in [5.74, 6) is -1.41. The van der Waals surface area contributed by atoms with E-state index in [2.05, 4.69) is 12.2 Å². The van der Waals surface area contributed by atoms with Gasteiger partial charge >= 0.3 is 11.9 Å². The van der Waals surface area contributed by atoms with Gasteiger partial charge in [0.05, 0.1) is 17.7 Å². The predicted molar refractivity (Wildman–Crippen MR) is 133 cm³/mol. The van der Waals surface area contributed by atoms with Gasteiger partial charge in [0.1, 0.15) is 10.8 Å². The van der Waals surface area contributed by atoms with E-state index in [0.29, 0.717) is 22.0 Å². The Bertz CT molecular complexity index is 1240. The van der Waals surface area contributed by atoms with Crippen LogP contribution in [0.15, 0.2) is 54.6 Å². The average molecular weight is 494 g/mol. The number of thiophene rings is 1.